The number of aromatic nitrogens is 4. The maximum absolute atomic E-state index is 13.6. The standard InChI is InChI=1S/C26H24FN5O3/c1-3-32-11-19(23(31-32)15-4-6-17(27)7-5-15)24-18-8-21(22(34-2)9-20(18)28-14-29-24)30-25(33)26-10-16(26)12-35-13-26/h4-9,11,14,16H,3,10,12-13H2,1-2H3,(H,30,33)/t16-,26-/m0/s1. The molecule has 2 fully saturated rings. The van der Waals surface area contributed by atoms with Crippen LogP contribution in [0.15, 0.2) is 48.9 Å². The van der Waals surface area contributed by atoms with Gasteiger partial charge >= 0.3 is 0 Å². The molecule has 2 aromatic carbocycles. The van der Waals surface area contributed by atoms with Crippen LogP contribution in [-0.4, -0.2) is 46.0 Å². The zero-order chi connectivity index (χ0) is 24.2. The number of halogens is 1. The van der Waals surface area contributed by atoms with Gasteiger partial charge in [0.1, 0.15) is 23.6 Å². The smallest absolute Gasteiger partial charge is 0.233 e. The van der Waals surface area contributed by atoms with Crippen molar-refractivity contribution < 1.29 is 18.7 Å². The lowest BCUT2D eigenvalue weighted by Gasteiger charge is -2.16. The van der Waals surface area contributed by atoms with Crippen molar-refractivity contribution in [2.24, 2.45) is 11.3 Å². The van der Waals surface area contributed by atoms with Crippen molar-refractivity contribution >= 4 is 22.5 Å². The van der Waals surface area contributed by atoms with Gasteiger partial charge in [0.25, 0.3) is 0 Å². The third-order valence-electron chi connectivity index (χ3n) is 7.03. The fourth-order valence-electron chi connectivity index (χ4n) is 4.89. The molecule has 1 saturated carbocycles. The molecule has 9 heteroatoms. The Morgan fingerprint density at radius 2 is 2.09 bits per heavy atom. The Hall–Kier alpha value is -3.85. The van der Waals surface area contributed by atoms with Gasteiger partial charge in [-0.25, -0.2) is 14.4 Å². The Labute approximate surface area is 201 Å². The second kappa shape index (κ2) is 8.13. The van der Waals surface area contributed by atoms with E-state index in [1.54, 1.807) is 25.3 Å². The number of methoxy groups -OCH3 is 1. The molecule has 35 heavy (non-hydrogen) atoms. The summed E-state index contributed by atoms with van der Waals surface area (Å²) in [7, 11) is 1.56. The summed E-state index contributed by atoms with van der Waals surface area (Å²) >= 11 is 0. The van der Waals surface area contributed by atoms with Crippen LogP contribution in [0.5, 0.6) is 5.75 Å². The third-order valence-corrected chi connectivity index (χ3v) is 7.03. The monoisotopic (exact) mass is 473 g/mol. The van der Waals surface area contributed by atoms with Crippen LogP contribution >= 0.6 is 0 Å². The maximum atomic E-state index is 13.6. The van der Waals surface area contributed by atoms with Gasteiger partial charge in [-0.15, -0.1) is 0 Å². The summed E-state index contributed by atoms with van der Waals surface area (Å²) in [5, 5.41) is 8.52. The summed E-state index contributed by atoms with van der Waals surface area (Å²) in [5.74, 6) is 0.439. The first-order valence-electron chi connectivity index (χ1n) is 11.6. The number of carbonyl (C=O) groups excluding carboxylic acids is 1. The van der Waals surface area contributed by atoms with E-state index in [2.05, 4.69) is 15.3 Å². The van der Waals surface area contributed by atoms with Gasteiger partial charge in [0.05, 0.1) is 42.6 Å². The highest BCUT2D eigenvalue weighted by molar-refractivity contribution is 6.04. The molecule has 2 aliphatic rings. The number of ether oxygens (including phenoxy) is 2. The summed E-state index contributed by atoms with van der Waals surface area (Å²) in [5.41, 5.74) is 3.72. The maximum Gasteiger partial charge on any atom is 0.233 e. The molecule has 1 aliphatic heterocycles. The molecule has 1 N–H and O–H groups in total. The Morgan fingerprint density at radius 3 is 2.77 bits per heavy atom. The first-order chi connectivity index (χ1) is 17.0. The van der Waals surface area contributed by atoms with Crippen LogP contribution in [0.25, 0.3) is 33.4 Å². The van der Waals surface area contributed by atoms with Crippen LogP contribution in [0, 0.1) is 17.2 Å². The van der Waals surface area contributed by atoms with E-state index in [1.165, 1.54) is 18.5 Å². The number of nitrogens with one attached hydrogen (secondary N) is 1. The van der Waals surface area contributed by atoms with Gasteiger partial charge in [-0.3, -0.25) is 9.48 Å². The molecule has 6 rings (SSSR count). The number of amides is 1. The van der Waals surface area contributed by atoms with Crippen molar-refractivity contribution in [1.29, 1.82) is 0 Å². The van der Waals surface area contributed by atoms with Crippen LogP contribution in [0.1, 0.15) is 13.3 Å². The average Bonchev–Trinajstić information content (AvgIpc) is 3.21. The topological polar surface area (TPSA) is 91.2 Å². The summed E-state index contributed by atoms with van der Waals surface area (Å²) < 4.78 is 26.5. The lowest BCUT2D eigenvalue weighted by Crippen LogP contribution is -2.27. The summed E-state index contributed by atoms with van der Waals surface area (Å²) in [4.78, 5) is 22.2. The van der Waals surface area contributed by atoms with E-state index in [1.807, 2.05) is 23.9 Å². The number of rotatable bonds is 6. The van der Waals surface area contributed by atoms with Gasteiger partial charge in [-0.2, -0.15) is 5.10 Å². The van der Waals surface area contributed by atoms with Crippen LogP contribution in [-0.2, 0) is 16.1 Å². The van der Waals surface area contributed by atoms with Gasteiger partial charge < -0.3 is 14.8 Å². The molecule has 8 nitrogen and oxygen atoms in total. The quantitative estimate of drug-likeness (QED) is 0.449. The van der Waals surface area contributed by atoms with Crippen LogP contribution in [0.4, 0.5) is 10.1 Å². The molecule has 0 unspecified atom stereocenters. The highest BCUT2D eigenvalue weighted by Gasteiger charge is 2.63. The Balaban J connectivity index is 1.47. The van der Waals surface area contributed by atoms with Gasteiger partial charge in [0, 0.05) is 41.2 Å². The number of fused-ring (bicyclic) bond motifs is 2. The highest BCUT2D eigenvalue weighted by atomic mass is 19.1. The van der Waals surface area contributed by atoms with Gasteiger partial charge in [-0.05, 0) is 43.7 Å². The van der Waals surface area contributed by atoms with Crippen molar-refractivity contribution in [3.8, 4) is 28.3 Å². The second-order valence-electron chi connectivity index (χ2n) is 9.07. The molecule has 0 radical (unpaired) electrons. The molecule has 1 amide bonds. The minimum Gasteiger partial charge on any atom is -0.494 e. The number of hydrogen-bond donors (Lipinski definition) is 1. The number of carbonyl (C=O) groups is 1. The molecule has 0 spiro atoms. The predicted octanol–water partition coefficient (Wildman–Crippen LogP) is 4.30. The number of aryl methyl sites for hydroxylation is 1. The van der Waals surface area contributed by atoms with Gasteiger partial charge in [0.2, 0.25) is 5.91 Å². The van der Waals surface area contributed by atoms with Crippen LogP contribution < -0.4 is 10.1 Å². The molecule has 1 aliphatic carbocycles. The van der Waals surface area contributed by atoms with E-state index in [0.29, 0.717) is 48.1 Å². The fraction of sp³-hybridized carbons (Fsp3) is 0.308. The number of nitrogens with zero attached hydrogens (tertiary/aromatic N) is 4. The minimum atomic E-state index is -0.437. The minimum absolute atomic E-state index is 0.0538. The van der Waals surface area contributed by atoms with Crippen molar-refractivity contribution in [3.63, 3.8) is 0 Å². The van der Waals surface area contributed by atoms with Crippen molar-refractivity contribution in [3.05, 3.63) is 54.7 Å². The van der Waals surface area contributed by atoms with Crippen molar-refractivity contribution in [2.75, 3.05) is 25.6 Å². The molecule has 0 bridgehead atoms. The SMILES string of the molecule is CCn1cc(-c2ncnc3cc(OC)c(NC(=O)[C@@]45COC[C@@H]4C5)cc23)c(-c2ccc(F)cc2)n1. The van der Waals surface area contributed by atoms with E-state index in [4.69, 9.17) is 14.6 Å². The van der Waals surface area contributed by atoms with Gasteiger partial charge in [0.15, 0.2) is 0 Å². The molecule has 4 aromatic rings. The first kappa shape index (κ1) is 21.7. The highest BCUT2D eigenvalue weighted by Crippen LogP contribution is 2.57. The summed E-state index contributed by atoms with van der Waals surface area (Å²) in [6, 6.07) is 9.88. The number of benzene rings is 2. The molecular formula is C26H24FN5O3. The molecule has 1 saturated heterocycles. The van der Waals surface area contributed by atoms with Crippen molar-refractivity contribution in [2.45, 2.75) is 19.9 Å². The second-order valence-corrected chi connectivity index (χ2v) is 9.07. The van der Waals surface area contributed by atoms with E-state index < -0.39 is 5.41 Å². The Bertz CT molecular complexity index is 1450. The molecular weight excluding hydrogens is 449 g/mol. The van der Waals surface area contributed by atoms with E-state index in [0.717, 1.165) is 22.9 Å². The van der Waals surface area contributed by atoms with Crippen molar-refractivity contribution in [1.82, 2.24) is 19.7 Å². The van der Waals surface area contributed by atoms with Gasteiger partial charge in [-0.1, -0.05) is 0 Å². The van der Waals surface area contributed by atoms with E-state index in [9.17, 15) is 9.18 Å². The van der Waals surface area contributed by atoms with Crippen LogP contribution in [0.3, 0.4) is 0 Å². The average molecular weight is 474 g/mol. The molecule has 2 atom stereocenters. The molecule has 3 heterocycles. The predicted molar refractivity (Wildman–Crippen MR) is 128 cm³/mol. The lowest BCUT2D eigenvalue weighted by atomic mass is 10.0. The third kappa shape index (κ3) is 3.54. The summed E-state index contributed by atoms with van der Waals surface area (Å²) in [6.45, 7) is 3.75. The first-order valence-corrected chi connectivity index (χ1v) is 11.6. The normalized spacial score (nSPS) is 20.6. The number of hydrogen-bond acceptors (Lipinski definition) is 6. The largest absolute Gasteiger partial charge is 0.494 e. The Kier molecular flexibility index (Phi) is 5.03. The van der Waals surface area contributed by atoms with E-state index >= 15 is 0 Å². The molecule has 178 valence electrons. The Morgan fingerprint density at radius 1 is 1.26 bits per heavy atom. The van der Waals surface area contributed by atoms with Crippen LogP contribution in [0.2, 0.25) is 0 Å². The zero-order valence-corrected chi connectivity index (χ0v) is 19.4. The van der Waals surface area contributed by atoms with E-state index in [-0.39, 0.29) is 17.6 Å². The fourth-order valence-corrected chi connectivity index (χ4v) is 4.89. The lowest BCUT2D eigenvalue weighted by molar-refractivity contribution is -0.121. The molecule has 2 aromatic heterocycles. The zero-order valence-electron chi connectivity index (χ0n) is 19.4. The number of anilines is 1. The summed E-state index contributed by atoms with van der Waals surface area (Å²) in [6.07, 6.45) is 4.27.